The van der Waals surface area contributed by atoms with Gasteiger partial charge in [0.1, 0.15) is 6.04 Å². The first kappa shape index (κ1) is 15.8. The van der Waals surface area contributed by atoms with Gasteiger partial charge in [0, 0.05) is 5.54 Å². The van der Waals surface area contributed by atoms with Gasteiger partial charge in [0.2, 0.25) is 0 Å². The summed E-state index contributed by atoms with van der Waals surface area (Å²) in [7, 11) is 0. The third kappa shape index (κ3) is 4.40. The lowest BCUT2D eigenvalue weighted by atomic mass is 9.84. The SMILES string of the molecule is CC(C)(C)N(C(=O)O)C(CC1CCCCC1)C(=O)O. The van der Waals surface area contributed by atoms with Crippen molar-refractivity contribution in [2.45, 2.75) is 70.9 Å². The highest BCUT2D eigenvalue weighted by Gasteiger charge is 2.38. The Kier molecular flexibility index (Phi) is 5.20. The molecular formula is C14H25NO4. The van der Waals surface area contributed by atoms with Gasteiger partial charge >= 0.3 is 12.1 Å². The van der Waals surface area contributed by atoms with E-state index in [0.717, 1.165) is 30.6 Å². The lowest BCUT2D eigenvalue weighted by Gasteiger charge is -2.39. The van der Waals surface area contributed by atoms with E-state index in [9.17, 15) is 19.8 Å². The molecule has 1 atom stereocenters. The Hall–Kier alpha value is -1.26. The molecule has 110 valence electrons. The Bertz CT molecular complexity index is 329. The van der Waals surface area contributed by atoms with Crippen LogP contribution in [-0.4, -0.2) is 38.8 Å². The predicted octanol–water partition coefficient (Wildman–Crippen LogP) is 3.19. The zero-order valence-corrected chi connectivity index (χ0v) is 12.1. The normalized spacial score (nSPS) is 18.9. The summed E-state index contributed by atoms with van der Waals surface area (Å²) in [4.78, 5) is 23.9. The first-order valence-electron chi connectivity index (χ1n) is 6.98. The molecule has 1 unspecified atom stereocenters. The van der Waals surface area contributed by atoms with Crippen LogP contribution in [0.25, 0.3) is 0 Å². The van der Waals surface area contributed by atoms with Gasteiger partial charge in [0.05, 0.1) is 0 Å². The maximum absolute atomic E-state index is 11.5. The molecule has 0 aliphatic heterocycles. The van der Waals surface area contributed by atoms with E-state index in [1.54, 1.807) is 20.8 Å². The van der Waals surface area contributed by atoms with Crippen LogP contribution in [0.3, 0.4) is 0 Å². The monoisotopic (exact) mass is 271 g/mol. The number of hydrogen-bond acceptors (Lipinski definition) is 2. The highest BCUT2D eigenvalue weighted by molar-refractivity contribution is 5.79. The van der Waals surface area contributed by atoms with Crippen LogP contribution in [0.1, 0.15) is 59.3 Å². The van der Waals surface area contributed by atoms with Crippen molar-refractivity contribution in [1.82, 2.24) is 4.90 Å². The molecular weight excluding hydrogens is 246 g/mol. The first-order valence-corrected chi connectivity index (χ1v) is 6.98. The second kappa shape index (κ2) is 6.26. The van der Waals surface area contributed by atoms with Crippen LogP contribution in [0.15, 0.2) is 0 Å². The van der Waals surface area contributed by atoms with Gasteiger partial charge < -0.3 is 10.2 Å². The van der Waals surface area contributed by atoms with Crippen LogP contribution >= 0.6 is 0 Å². The Labute approximate surface area is 114 Å². The fourth-order valence-corrected chi connectivity index (χ4v) is 2.94. The van der Waals surface area contributed by atoms with E-state index in [4.69, 9.17) is 0 Å². The maximum Gasteiger partial charge on any atom is 0.408 e. The maximum atomic E-state index is 11.5. The number of carboxylic acid groups (broad SMARTS) is 2. The van der Waals surface area contributed by atoms with Gasteiger partial charge in [0.25, 0.3) is 0 Å². The number of carbonyl (C=O) groups is 2. The summed E-state index contributed by atoms with van der Waals surface area (Å²) in [5, 5.41) is 18.7. The molecule has 1 saturated carbocycles. The standard InChI is InChI=1S/C14H25NO4/c1-14(2,3)15(13(18)19)11(12(16)17)9-10-7-5-4-6-8-10/h10-11H,4-9H2,1-3H3,(H,16,17)(H,18,19). The van der Waals surface area contributed by atoms with Crippen molar-refractivity contribution in [3.05, 3.63) is 0 Å². The van der Waals surface area contributed by atoms with Crippen LogP contribution in [-0.2, 0) is 4.79 Å². The van der Waals surface area contributed by atoms with E-state index in [-0.39, 0.29) is 0 Å². The quantitative estimate of drug-likeness (QED) is 0.823. The molecule has 0 aromatic heterocycles. The third-order valence-corrected chi connectivity index (χ3v) is 3.81. The van der Waals surface area contributed by atoms with E-state index < -0.39 is 23.6 Å². The van der Waals surface area contributed by atoms with Gasteiger partial charge in [-0.25, -0.2) is 9.59 Å². The topological polar surface area (TPSA) is 77.8 Å². The summed E-state index contributed by atoms with van der Waals surface area (Å²) in [5.74, 6) is -0.707. The van der Waals surface area contributed by atoms with Gasteiger partial charge in [-0.05, 0) is 33.1 Å². The highest BCUT2D eigenvalue weighted by Crippen LogP contribution is 2.30. The van der Waals surface area contributed by atoms with Crippen molar-refractivity contribution < 1.29 is 19.8 Å². The molecule has 0 heterocycles. The average molecular weight is 271 g/mol. The van der Waals surface area contributed by atoms with Crippen LogP contribution in [0.5, 0.6) is 0 Å². The Morgan fingerprint density at radius 3 is 2.05 bits per heavy atom. The van der Waals surface area contributed by atoms with E-state index in [0.29, 0.717) is 12.3 Å². The molecule has 0 bridgehead atoms. The minimum absolute atomic E-state index is 0.332. The van der Waals surface area contributed by atoms with Crippen molar-refractivity contribution >= 4 is 12.1 Å². The van der Waals surface area contributed by atoms with Crippen LogP contribution in [0.4, 0.5) is 4.79 Å². The van der Waals surface area contributed by atoms with Crippen molar-refractivity contribution in [3.63, 3.8) is 0 Å². The zero-order valence-electron chi connectivity index (χ0n) is 12.1. The van der Waals surface area contributed by atoms with E-state index in [1.807, 2.05) is 0 Å². The number of rotatable bonds is 4. The van der Waals surface area contributed by atoms with E-state index in [1.165, 1.54) is 6.42 Å². The molecule has 5 heteroatoms. The molecule has 1 rings (SSSR count). The molecule has 1 aliphatic rings. The van der Waals surface area contributed by atoms with Crippen molar-refractivity contribution in [1.29, 1.82) is 0 Å². The minimum atomic E-state index is -1.16. The predicted molar refractivity (Wildman–Crippen MR) is 72.2 cm³/mol. The molecule has 0 aromatic carbocycles. The lowest BCUT2D eigenvalue weighted by molar-refractivity contribution is -0.145. The van der Waals surface area contributed by atoms with Gasteiger partial charge in [-0.1, -0.05) is 32.1 Å². The van der Waals surface area contributed by atoms with Crippen LogP contribution < -0.4 is 0 Å². The summed E-state index contributed by atoms with van der Waals surface area (Å²) in [5.41, 5.74) is -0.705. The molecule has 5 nitrogen and oxygen atoms in total. The largest absolute Gasteiger partial charge is 0.480 e. The number of hydrogen-bond donors (Lipinski definition) is 2. The second-order valence-corrected chi connectivity index (χ2v) is 6.42. The summed E-state index contributed by atoms with van der Waals surface area (Å²) >= 11 is 0. The second-order valence-electron chi connectivity index (χ2n) is 6.42. The van der Waals surface area contributed by atoms with Crippen LogP contribution in [0, 0.1) is 5.92 Å². The molecule has 1 fully saturated rings. The summed E-state index contributed by atoms with van der Waals surface area (Å²) < 4.78 is 0. The molecule has 19 heavy (non-hydrogen) atoms. The van der Waals surface area contributed by atoms with Gasteiger partial charge in [0.15, 0.2) is 0 Å². The molecule has 2 N–H and O–H groups in total. The lowest BCUT2D eigenvalue weighted by Crippen LogP contribution is -2.54. The van der Waals surface area contributed by atoms with E-state index in [2.05, 4.69) is 0 Å². The van der Waals surface area contributed by atoms with Crippen molar-refractivity contribution in [2.75, 3.05) is 0 Å². The fraction of sp³-hybridized carbons (Fsp3) is 0.857. The Morgan fingerprint density at radius 1 is 1.16 bits per heavy atom. The smallest absolute Gasteiger partial charge is 0.408 e. The van der Waals surface area contributed by atoms with Crippen LogP contribution in [0.2, 0.25) is 0 Å². The summed E-state index contributed by atoms with van der Waals surface area (Å²) in [6.07, 6.45) is 4.76. The van der Waals surface area contributed by atoms with Crippen molar-refractivity contribution in [2.24, 2.45) is 5.92 Å². The van der Waals surface area contributed by atoms with Gasteiger partial charge in [-0.3, -0.25) is 4.90 Å². The Morgan fingerprint density at radius 2 is 1.68 bits per heavy atom. The number of amides is 1. The average Bonchev–Trinajstić information content (AvgIpc) is 2.27. The summed E-state index contributed by atoms with van der Waals surface area (Å²) in [6, 6.07) is -0.944. The number of carboxylic acids is 1. The molecule has 0 saturated heterocycles. The molecule has 1 aliphatic carbocycles. The molecule has 1 amide bonds. The molecule has 0 spiro atoms. The highest BCUT2D eigenvalue weighted by atomic mass is 16.4. The zero-order chi connectivity index (χ0) is 14.6. The first-order chi connectivity index (χ1) is 8.73. The number of aliphatic carboxylic acids is 1. The third-order valence-electron chi connectivity index (χ3n) is 3.81. The van der Waals surface area contributed by atoms with E-state index >= 15 is 0 Å². The van der Waals surface area contributed by atoms with Crippen molar-refractivity contribution in [3.8, 4) is 0 Å². The summed E-state index contributed by atoms with van der Waals surface area (Å²) in [6.45, 7) is 5.20. The Balaban J connectivity index is 2.84. The number of nitrogens with zero attached hydrogens (tertiary/aromatic N) is 1. The minimum Gasteiger partial charge on any atom is -0.480 e. The fourth-order valence-electron chi connectivity index (χ4n) is 2.94. The molecule has 0 radical (unpaired) electrons. The van der Waals surface area contributed by atoms with Gasteiger partial charge in [-0.2, -0.15) is 0 Å². The molecule has 0 aromatic rings. The van der Waals surface area contributed by atoms with Gasteiger partial charge in [-0.15, -0.1) is 0 Å².